The van der Waals surface area contributed by atoms with E-state index >= 15 is 0 Å². The quantitative estimate of drug-likeness (QED) is 0.816. The van der Waals surface area contributed by atoms with Crippen LogP contribution < -0.4 is 0 Å². The average molecular weight is 384 g/mol. The molecule has 106 valence electrons. The Morgan fingerprint density at radius 3 is 2.75 bits per heavy atom. The molecular weight excluding hydrogens is 367 g/mol. The zero-order chi connectivity index (χ0) is 14.3. The number of hydrogen-bond acceptors (Lipinski definition) is 3. The lowest BCUT2D eigenvalue weighted by molar-refractivity contribution is -0.117. The van der Waals surface area contributed by atoms with Crippen molar-refractivity contribution in [2.75, 3.05) is 0 Å². The van der Waals surface area contributed by atoms with Crippen LogP contribution in [0.4, 0.5) is 0 Å². The van der Waals surface area contributed by atoms with Crippen molar-refractivity contribution in [2.24, 2.45) is 0 Å². The summed E-state index contributed by atoms with van der Waals surface area (Å²) in [4.78, 5) is 12.3. The van der Waals surface area contributed by atoms with Gasteiger partial charge in [-0.05, 0) is 52.3 Å². The van der Waals surface area contributed by atoms with Crippen LogP contribution in [-0.2, 0) is 9.53 Å². The van der Waals surface area contributed by atoms with Crippen molar-refractivity contribution in [3.8, 4) is 0 Å². The van der Waals surface area contributed by atoms with Crippen molar-refractivity contribution < 1.29 is 14.6 Å². The Balaban J connectivity index is 2.09. The highest BCUT2D eigenvalue weighted by Gasteiger charge is 2.43. The lowest BCUT2D eigenvalue weighted by atomic mass is 9.89. The number of fused-ring (bicyclic) bond motifs is 2. The molecule has 1 N–H and O–H groups in total. The minimum atomic E-state index is -0.549. The third-order valence-corrected chi connectivity index (χ3v) is 4.77. The number of ether oxygens (including phenoxy) is 1. The fourth-order valence-electron chi connectivity index (χ4n) is 3.09. The topological polar surface area (TPSA) is 46.5 Å². The fraction of sp³-hybridized carbons (Fsp3) is 0.438. The molecule has 0 spiro atoms. The summed E-state index contributed by atoms with van der Waals surface area (Å²) in [5, 5.41) is 10.1. The van der Waals surface area contributed by atoms with E-state index in [1.807, 2.05) is 19.1 Å². The molecule has 3 rings (SSSR count). The summed E-state index contributed by atoms with van der Waals surface area (Å²) in [5.74, 6) is 0.0861. The molecule has 1 aromatic rings. The van der Waals surface area contributed by atoms with Crippen LogP contribution in [0.3, 0.4) is 0 Å². The van der Waals surface area contributed by atoms with Gasteiger partial charge in [0.2, 0.25) is 0 Å². The highest BCUT2D eigenvalue weighted by atomic mass is 127. The zero-order valence-electron chi connectivity index (χ0n) is 11.3. The molecule has 1 aromatic carbocycles. The van der Waals surface area contributed by atoms with Gasteiger partial charge in [-0.15, -0.1) is 0 Å². The van der Waals surface area contributed by atoms with E-state index in [2.05, 4.69) is 34.7 Å². The van der Waals surface area contributed by atoms with E-state index in [4.69, 9.17) is 4.74 Å². The molecule has 0 amide bonds. The first-order valence-corrected chi connectivity index (χ1v) is 8.03. The van der Waals surface area contributed by atoms with Crippen LogP contribution in [0.5, 0.6) is 0 Å². The molecule has 1 saturated heterocycles. The highest BCUT2D eigenvalue weighted by molar-refractivity contribution is 14.1. The summed E-state index contributed by atoms with van der Waals surface area (Å²) in [5.41, 5.74) is 2.83. The number of aliphatic hydroxyl groups is 1. The SMILES string of the molecule is CCC(=O)C1=C(c2ccc(I)cc2)CC2CC(O)C1O2. The van der Waals surface area contributed by atoms with Gasteiger partial charge in [0.15, 0.2) is 5.78 Å². The molecule has 3 unspecified atom stereocenters. The third-order valence-electron chi connectivity index (χ3n) is 4.05. The third kappa shape index (κ3) is 2.44. The van der Waals surface area contributed by atoms with Crippen LogP contribution in [0.15, 0.2) is 29.8 Å². The summed E-state index contributed by atoms with van der Waals surface area (Å²) in [6, 6.07) is 8.20. The number of halogens is 1. The van der Waals surface area contributed by atoms with Crippen molar-refractivity contribution in [1.82, 2.24) is 0 Å². The standard InChI is InChI=1S/C16H17IO3/c1-2-13(18)15-12(9-3-5-10(17)6-4-9)7-11-8-14(19)16(15)20-11/h3-6,11,14,16,19H,2,7-8H2,1H3. The van der Waals surface area contributed by atoms with Crippen LogP contribution in [0.1, 0.15) is 31.7 Å². The van der Waals surface area contributed by atoms with E-state index in [0.717, 1.165) is 17.6 Å². The second kappa shape index (κ2) is 5.58. The van der Waals surface area contributed by atoms with Crippen molar-refractivity contribution in [3.63, 3.8) is 0 Å². The first kappa shape index (κ1) is 14.2. The molecule has 2 bridgehead atoms. The predicted molar refractivity (Wildman–Crippen MR) is 85.3 cm³/mol. The monoisotopic (exact) mass is 384 g/mol. The largest absolute Gasteiger partial charge is 0.390 e. The number of carbonyl (C=O) groups is 1. The minimum absolute atomic E-state index is 0.0395. The molecule has 20 heavy (non-hydrogen) atoms. The van der Waals surface area contributed by atoms with Crippen molar-refractivity contribution in [3.05, 3.63) is 39.0 Å². The number of hydrogen-bond donors (Lipinski definition) is 1. The molecule has 2 aliphatic rings. The second-order valence-electron chi connectivity index (χ2n) is 5.36. The molecule has 1 fully saturated rings. The molecule has 3 atom stereocenters. The summed E-state index contributed by atoms with van der Waals surface area (Å²) in [6.45, 7) is 1.86. The van der Waals surface area contributed by atoms with Gasteiger partial charge in [0.1, 0.15) is 6.10 Å². The molecule has 0 aromatic heterocycles. The molecule has 0 aliphatic carbocycles. The molecule has 0 saturated carbocycles. The number of ketones is 1. The normalized spacial score (nSPS) is 28.9. The van der Waals surface area contributed by atoms with Crippen molar-refractivity contribution in [2.45, 2.75) is 44.5 Å². The average Bonchev–Trinajstić information content (AvgIpc) is 2.74. The van der Waals surface area contributed by atoms with Crippen molar-refractivity contribution >= 4 is 33.9 Å². The maximum absolute atomic E-state index is 12.3. The lowest BCUT2D eigenvalue weighted by Crippen LogP contribution is -2.30. The molecule has 0 radical (unpaired) electrons. The van der Waals surface area contributed by atoms with Gasteiger partial charge in [0.05, 0.1) is 12.2 Å². The number of benzene rings is 1. The lowest BCUT2D eigenvalue weighted by Gasteiger charge is -2.27. The smallest absolute Gasteiger partial charge is 0.161 e. The van der Waals surface area contributed by atoms with Gasteiger partial charge in [-0.25, -0.2) is 0 Å². The maximum Gasteiger partial charge on any atom is 0.161 e. The van der Waals surface area contributed by atoms with E-state index in [9.17, 15) is 9.90 Å². The maximum atomic E-state index is 12.3. The van der Waals surface area contributed by atoms with Crippen LogP contribution >= 0.6 is 22.6 Å². The van der Waals surface area contributed by atoms with E-state index in [1.54, 1.807) is 0 Å². The Morgan fingerprint density at radius 1 is 1.40 bits per heavy atom. The van der Waals surface area contributed by atoms with Gasteiger partial charge in [0.25, 0.3) is 0 Å². The summed E-state index contributed by atoms with van der Waals surface area (Å²) in [6.07, 6.45) is 0.842. The van der Waals surface area contributed by atoms with Crippen molar-refractivity contribution in [1.29, 1.82) is 0 Å². The molecular formula is C16H17IO3. The Labute approximate surface area is 132 Å². The first-order chi connectivity index (χ1) is 9.60. The van der Waals surface area contributed by atoms with E-state index in [0.29, 0.717) is 18.4 Å². The Bertz CT molecular complexity index is 562. The van der Waals surface area contributed by atoms with Gasteiger partial charge in [-0.1, -0.05) is 19.1 Å². The van der Waals surface area contributed by atoms with E-state index < -0.39 is 12.2 Å². The minimum Gasteiger partial charge on any atom is -0.390 e. The van der Waals surface area contributed by atoms with Gasteiger partial charge in [-0.3, -0.25) is 4.79 Å². The number of rotatable bonds is 3. The van der Waals surface area contributed by atoms with Crippen LogP contribution in [0, 0.1) is 3.57 Å². The van der Waals surface area contributed by atoms with E-state index in [1.165, 1.54) is 3.57 Å². The highest BCUT2D eigenvalue weighted by Crippen LogP contribution is 2.41. The molecule has 4 heteroatoms. The van der Waals surface area contributed by atoms with Crippen LogP contribution in [-0.4, -0.2) is 29.2 Å². The molecule has 3 nitrogen and oxygen atoms in total. The first-order valence-electron chi connectivity index (χ1n) is 6.96. The van der Waals surface area contributed by atoms with Gasteiger partial charge >= 0.3 is 0 Å². The Hall–Kier alpha value is -0.720. The summed E-state index contributed by atoms with van der Waals surface area (Å²) >= 11 is 2.27. The Morgan fingerprint density at radius 2 is 2.10 bits per heavy atom. The fourth-order valence-corrected chi connectivity index (χ4v) is 3.45. The summed E-state index contributed by atoms with van der Waals surface area (Å²) < 4.78 is 6.96. The Kier molecular flexibility index (Phi) is 3.97. The number of Topliss-reactive ketones (excluding diaryl/α,β-unsaturated/α-hetero) is 1. The van der Waals surface area contributed by atoms with Gasteiger partial charge in [-0.2, -0.15) is 0 Å². The van der Waals surface area contributed by atoms with E-state index in [-0.39, 0.29) is 11.9 Å². The van der Waals surface area contributed by atoms with Crippen LogP contribution in [0.25, 0.3) is 5.57 Å². The predicted octanol–water partition coefficient (Wildman–Crippen LogP) is 2.95. The van der Waals surface area contributed by atoms with Gasteiger partial charge < -0.3 is 9.84 Å². The molecule has 2 aliphatic heterocycles. The molecule has 2 heterocycles. The number of aliphatic hydroxyl groups excluding tert-OH is 1. The van der Waals surface area contributed by atoms with Gasteiger partial charge in [0, 0.05) is 22.0 Å². The summed E-state index contributed by atoms with van der Waals surface area (Å²) in [7, 11) is 0. The number of carbonyl (C=O) groups excluding carboxylic acids is 1. The zero-order valence-corrected chi connectivity index (χ0v) is 13.5. The second-order valence-corrected chi connectivity index (χ2v) is 6.61. The van der Waals surface area contributed by atoms with Crippen LogP contribution in [0.2, 0.25) is 0 Å².